The van der Waals surface area contributed by atoms with Crippen molar-refractivity contribution >= 4 is 33.4 Å². The summed E-state index contributed by atoms with van der Waals surface area (Å²) >= 11 is 0. The van der Waals surface area contributed by atoms with Crippen molar-refractivity contribution in [3.05, 3.63) is 36.5 Å². The van der Waals surface area contributed by atoms with Crippen LogP contribution in [0.1, 0.15) is 19.3 Å². The van der Waals surface area contributed by atoms with Crippen molar-refractivity contribution in [3.8, 4) is 5.88 Å². The monoisotopic (exact) mass is 391 g/mol. The molecule has 5 rings (SSSR count). The SMILES string of the molecule is Cn1nc(OCCN2CCCCC2)c2ccc(Nc3n[nH]c4cccnc34)cc21. The number of aromatic amines is 1. The fraction of sp³-hybridized carbons (Fsp3) is 0.381. The topological polar surface area (TPSA) is 83.9 Å². The Kier molecular flexibility index (Phi) is 4.77. The Hall–Kier alpha value is -3.13. The van der Waals surface area contributed by atoms with Crippen molar-refractivity contribution in [1.82, 2.24) is 29.9 Å². The predicted octanol–water partition coefficient (Wildman–Crippen LogP) is 3.45. The molecule has 0 atom stereocenters. The molecule has 4 heterocycles. The lowest BCUT2D eigenvalue weighted by Crippen LogP contribution is -2.33. The zero-order valence-corrected chi connectivity index (χ0v) is 16.6. The smallest absolute Gasteiger partial charge is 0.240 e. The molecule has 29 heavy (non-hydrogen) atoms. The summed E-state index contributed by atoms with van der Waals surface area (Å²) in [6.45, 7) is 3.98. The second-order valence-corrected chi connectivity index (χ2v) is 7.51. The number of aryl methyl sites for hydroxylation is 1. The lowest BCUT2D eigenvalue weighted by Gasteiger charge is -2.25. The summed E-state index contributed by atoms with van der Waals surface area (Å²) in [5.41, 5.74) is 3.66. The largest absolute Gasteiger partial charge is 0.475 e. The molecule has 0 saturated carbocycles. The van der Waals surface area contributed by atoms with Gasteiger partial charge in [0.25, 0.3) is 0 Å². The molecule has 8 nitrogen and oxygen atoms in total. The number of benzene rings is 1. The highest BCUT2D eigenvalue weighted by Crippen LogP contribution is 2.29. The van der Waals surface area contributed by atoms with Crippen LogP contribution in [0.25, 0.3) is 21.9 Å². The number of hydrogen-bond donors (Lipinski definition) is 2. The van der Waals surface area contributed by atoms with E-state index in [9.17, 15) is 0 Å². The molecule has 1 fully saturated rings. The Balaban J connectivity index is 1.32. The Bertz CT molecular complexity index is 1130. The summed E-state index contributed by atoms with van der Waals surface area (Å²) in [7, 11) is 1.94. The number of nitrogens with one attached hydrogen (secondary N) is 2. The number of nitrogens with zero attached hydrogens (tertiary/aromatic N) is 5. The van der Waals surface area contributed by atoms with E-state index in [2.05, 4.69) is 36.6 Å². The third-order valence-electron chi connectivity index (χ3n) is 5.50. The molecule has 1 aliphatic heterocycles. The lowest BCUT2D eigenvalue weighted by atomic mass is 10.1. The van der Waals surface area contributed by atoms with Gasteiger partial charge in [-0.15, -0.1) is 5.10 Å². The van der Waals surface area contributed by atoms with E-state index < -0.39 is 0 Å². The van der Waals surface area contributed by atoms with Crippen LogP contribution in [0.3, 0.4) is 0 Å². The fourth-order valence-electron chi connectivity index (χ4n) is 3.94. The van der Waals surface area contributed by atoms with E-state index in [0.29, 0.717) is 18.3 Å². The summed E-state index contributed by atoms with van der Waals surface area (Å²) in [6, 6.07) is 9.97. The van der Waals surface area contributed by atoms with Gasteiger partial charge in [-0.1, -0.05) is 6.42 Å². The molecule has 1 saturated heterocycles. The minimum atomic E-state index is 0.664. The predicted molar refractivity (Wildman–Crippen MR) is 114 cm³/mol. The van der Waals surface area contributed by atoms with Gasteiger partial charge in [0, 0.05) is 25.5 Å². The van der Waals surface area contributed by atoms with E-state index in [0.717, 1.165) is 34.2 Å². The second kappa shape index (κ2) is 7.71. The van der Waals surface area contributed by atoms with Crippen molar-refractivity contribution in [1.29, 1.82) is 0 Å². The molecule has 1 aromatic carbocycles. The summed E-state index contributed by atoms with van der Waals surface area (Å²) in [4.78, 5) is 6.87. The van der Waals surface area contributed by atoms with Gasteiger partial charge in [-0.2, -0.15) is 5.10 Å². The van der Waals surface area contributed by atoms with E-state index in [1.54, 1.807) is 6.20 Å². The molecule has 4 aromatic rings. The average Bonchev–Trinajstić information content (AvgIpc) is 3.30. The van der Waals surface area contributed by atoms with Gasteiger partial charge in [0.1, 0.15) is 12.1 Å². The third-order valence-corrected chi connectivity index (χ3v) is 5.50. The van der Waals surface area contributed by atoms with Gasteiger partial charge < -0.3 is 10.1 Å². The van der Waals surface area contributed by atoms with Crippen LogP contribution in [-0.2, 0) is 7.05 Å². The molecule has 3 aromatic heterocycles. The molecule has 1 aliphatic rings. The van der Waals surface area contributed by atoms with Crippen LogP contribution in [0, 0.1) is 0 Å². The first-order chi connectivity index (χ1) is 14.3. The number of H-pyrrole nitrogens is 1. The van der Waals surface area contributed by atoms with Crippen LogP contribution in [0.5, 0.6) is 5.88 Å². The van der Waals surface area contributed by atoms with Gasteiger partial charge in [-0.05, 0) is 56.3 Å². The van der Waals surface area contributed by atoms with Crippen molar-refractivity contribution in [2.45, 2.75) is 19.3 Å². The van der Waals surface area contributed by atoms with E-state index >= 15 is 0 Å². The normalized spacial score (nSPS) is 15.2. The van der Waals surface area contributed by atoms with E-state index in [-0.39, 0.29) is 0 Å². The van der Waals surface area contributed by atoms with Gasteiger partial charge >= 0.3 is 0 Å². The van der Waals surface area contributed by atoms with Crippen LogP contribution < -0.4 is 10.1 Å². The minimum absolute atomic E-state index is 0.664. The highest BCUT2D eigenvalue weighted by Gasteiger charge is 2.14. The Morgan fingerprint density at radius 3 is 2.97 bits per heavy atom. The van der Waals surface area contributed by atoms with Crippen LogP contribution in [0.15, 0.2) is 36.5 Å². The minimum Gasteiger partial charge on any atom is -0.475 e. The Morgan fingerprint density at radius 2 is 2.07 bits per heavy atom. The van der Waals surface area contributed by atoms with Crippen molar-refractivity contribution in [2.24, 2.45) is 7.05 Å². The average molecular weight is 391 g/mol. The summed E-state index contributed by atoms with van der Waals surface area (Å²) in [6.07, 6.45) is 5.70. The van der Waals surface area contributed by atoms with Gasteiger partial charge in [0.2, 0.25) is 5.88 Å². The van der Waals surface area contributed by atoms with Crippen LogP contribution >= 0.6 is 0 Å². The zero-order valence-electron chi connectivity index (χ0n) is 16.6. The number of ether oxygens (including phenoxy) is 1. The van der Waals surface area contributed by atoms with E-state index in [1.807, 2.05) is 36.0 Å². The van der Waals surface area contributed by atoms with Gasteiger partial charge in [-0.25, -0.2) is 0 Å². The lowest BCUT2D eigenvalue weighted by molar-refractivity contribution is 0.181. The Morgan fingerprint density at radius 1 is 1.17 bits per heavy atom. The molecule has 0 amide bonds. The van der Waals surface area contributed by atoms with Crippen molar-refractivity contribution in [3.63, 3.8) is 0 Å². The van der Waals surface area contributed by atoms with Crippen LogP contribution in [-0.4, -0.2) is 56.1 Å². The number of piperidine rings is 1. The number of hydrogen-bond acceptors (Lipinski definition) is 6. The van der Waals surface area contributed by atoms with Crippen molar-refractivity contribution in [2.75, 3.05) is 31.6 Å². The molecular formula is C21H25N7O. The van der Waals surface area contributed by atoms with Crippen LogP contribution in [0.4, 0.5) is 11.5 Å². The maximum Gasteiger partial charge on any atom is 0.240 e. The molecule has 0 bridgehead atoms. The number of fused-ring (bicyclic) bond motifs is 2. The number of pyridine rings is 1. The number of rotatable bonds is 6. The number of anilines is 2. The first-order valence-electron chi connectivity index (χ1n) is 10.2. The molecule has 0 unspecified atom stereocenters. The molecule has 0 radical (unpaired) electrons. The van der Waals surface area contributed by atoms with E-state index in [4.69, 9.17) is 4.74 Å². The van der Waals surface area contributed by atoms with Gasteiger partial charge in [0.15, 0.2) is 5.82 Å². The molecular weight excluding hydrogens is 366 g/mol. The van der Waals surface area contributed by atoms with Gasteiger partial charge in [-0.3, -0.25) is 19.7 Å². The first kappa shape index (κ1) is 17.9. The summed E-state index contributed by atoms with van der Waals surface area (Å²) in [5, 5.41) is 16.3. The van der Waals surface area contributed by atoms with Crippen LogP contribution in [0.2, 0.25) is 0 Å². The highest BCUT2D eigenvalue weighted by atomic mass is 16.5. The molecule has 8 heteroatoms. The molecule has 150 valence electrons. The standard InChI is InChI=1S/C21H25N7O/c1-27-18-14-15(23-20-19-17(24-25-20)6-5-9-22-19)7-8-16(18)21(26-27)29-13-12-28-10-3-2-4-11-28/h5-9,14H,2-4,10-13H2,1H3,(H2,23,24,25). The number of likely N-dealkylation sites (tertiary alicyclic amines) is 1. The Labute approximate surface area is 168 Å². The maximum atomic E-state index is 6.02. The van der Waals surface area contributed by atoms with Crippen molar-refractivity contribution < 1.29 is 4.74 Å². The number of aromatic nitrogens is 5. The zero-order chi connectivity index (χ0) is 19.6. The third kappa shape index (κ3) is 3.63. The fourth-order valence-corrected chi connectivity index (χ4v) is 3.94. The first-order valence-corrected chi connectivity index (χ1v) is 10.2. The summed E-state index contributed by atoms with van der Waals surface area (Å²) < 4.78 is 7.88. The quantitative estimate of drug-likeness (QED) is 0.524. The highest BCUT2D eigenvalue weighted by molar-refractivity contribution is 5.91. The second-order valence-electron chi connectivity index (χ2n) is 7.51. The molecule has 2 N–H and O–H groups in total. The summed E-state index contributed by atoms with van der Waals surface area (Å²) in [5.74, 6) is 1.40. The molecule has 0 spiro atoms. The van der Waals surface area contributed by atoms with E-state index in [1.165, 1.54) is 32.4 Å². The maximum absolute atomic E-state index is 6.02. The molecule has 0 aliphatic carbocycles. The van der Waals surface area contributed by atoms with Gasteiger partial charge in [0.05, 0.1) is 16.4 Å².